The van der Waals surface area contributed by atoms with E-state index in [1.807, 2.05) is 74.3 Å². The Hall–Kier alpha value is -3.66. The highest BCUT2D eigenvalue weighted by Gasteiger charge is 2.48. The molecular formula is C31H34FNO2. The van der Waals surface area contributed by atoms with Crippen molar-refractivity contribution in [1.82, 2.24) is 4.90 Å². The molecular weight excluding hydrogens is 437 g/mol. The molecule has 3 rings (SSSR count). The second kappa shape index (κ2) is 12.7. The van der Waals surface area contributed by atoms with Crippen LogP contribution < -0.4 is 0 Å². The third kappa shape index (κ3) is 6.92. The van der Waals surface area contributed by atoms with Crippen molar-refractivity contribution in [3.05, 3.63) is 131 Å². The molecule has 2 aromatic rings. The first-order valence-corrected chi connectivity index (χ1v) is 12.0. The highest BCUT2D eigenvalue weighted by molar-refractivity contribution is 5.92. The highest BCUT2D eigenvalue weighted by Crippen LogP contribution is 2.40. The summed E-state index contributed by atoms with van der Waals surface area (Å²) < 4.78 is 19.4. The highest BCUT2D eigenvalue weighted by atomic mass is 19.1. The lowest BCUT2D eigenvalue weighted by Crippen LogP contribution is -2.60. The first kappa shape index (κ1) is 26.0. The molecule has 0 aliphatic carbocycles. The van der Waals surface area contributed by atoms with Gasteiger partial charge < -0.3 is 9.64 Å². The molecule has 0 radical (unpaired) electrons. The fraction of sp³-hybridized carbons (Fsp3) is 0.258. The first-order valence-electron chi connectivity index (χ1n) is 12.0. The predicted octanol–water partition coefficient (Wildman–Crippen LogP) is 6.92. The van der Waals surface area contributed by atoms with Crippen molar-refractivity contribution in [3.8, 4) is 0 Å². The number of rotatable bonds is 11. The molecule has 0 saturated carbocycles. The van der Waals surface area contributed by atoms with Gasteiger partial charge >= 0.3 is 0 Å². The molecule has 3 nitrogen and oxygen atoms in total. The Morgan fingerprint density at radius 2 is 1.77 bits per heavy atom. The predicted molar refractivity (Wildman–Crippen MR) is 141 cm³/mol. The number of hydrogen-bond acceptors (Lipinski definition) is 2. The van der Waals surface area contributed by atoms with Gasteiger partial charge in [-0.05, 0) is 73.7 Å². The molecule has 1 fully saturated rings. The van der Waals surface area contributed by atoms with Crippen LogP contribution in [0.4, 0.5) is 4.39 Å². The Morgan fingerprint density at radius 1 is 1.06 bits per heavy atom. The first-order chi connectivity index (χ1) is 16.9. The van der Waals surface area contributed by atoms with Gasteiger partial charge in [-0.15, -0.1) is 0 Å². The number of likely N-dealkylation sites (tertiary alicyclic amines) is 1. The summed E-state index contributed by atoms with van der Waals surface area (Å²) in [5.74, 6) is 0.103. The van der Waals surface area contributed by atoms with Crippen LogP contribution in [0.1, 0.15) is 37.8 Å². The van der Waals surface area contributed by atoms with Crippen LogP contribution in [0.25, 0.3) is 0 Å². The van der Waals surface area contributed by atoms with Crippen LogP contribution in [0.2, 0.25) is 0 Å². The van der Waals surface area contributed by atoms with E-state index in [1.54, 1.807) is 18.2 Å². The van der Waals surface area contributed by atoms with Gasteiger partial charge in [-0.3, -0.25) is 4.79 Å². The Kier molecular flexibility index (Phi) is 9.42. The summed E-state index contributed by atoms with van der Waals surface area (Å²) in [6.07, 6.45) is 12.3. The molecule has 0 spiro atoms. The lowest BCUT2D eigenvalue weighted by Gasteiger charge is -2.48. The Morgan fingerprint density at radius 3 is 2.43 bits per heavy atom. The fourth-order valence-electron chi connectivity index (χ4n) is 4.19. The molecule has 1 saturated heterocycles. The zero-order valence-corrected chi connectivity index (χ0v) is 20.8. The molecule has 1 aliphatic heterocycles. The van der Waals surface area contributed by atoms with Gasteiger partial charge in [0.05, 0.1) is 12.0 Å². The van der Waals surface area contributed by atoms with Gasteiger partial charge in [0.25, 0.3) is 0 Å². The standard InChI is InChI=1S/C31H34FNO2/c1-5-7-11-23(3)22-35-28(6-2)19-14-24(4)30-29(26-15-17-27(32)18-16-26)31(34)33(30)21-20-25-12-9-8-10-13-25/h5-19,29-30H,2,20-22H2,1,3-4H3/b7-5-,23-11+,24-14+,28-19+. The summed E-state index contributed by atoms with van der Waals surface area (Å²) in [5, 5.41) is 0. The third-order valence-electron chi connectivity index (χ3n) is 6.13. The van der Waals surface area contributed by atoms with Gasteiger partial charge in [-0.2, -0.15) is 0 Å². The maximum Gasteiger partial charge on any atom is 0.233 e. The van der Waals surface area contributed by atoms with Crippen molar-refractivity contribution < 1.29 is 13.9 Å². The molecule has 1 amide bonds. The number of allylic oxidation sites excluding steroid dienone is 6. The molecule has 182 valence electrons. The zero-order valence-electron chi connectivity index (χ0n) is 20.8. The van der Waals surface area contributed by atoms with Gasteiger partial charge in [0, 0.05) is 6.54 Å². The van der Waals surface area contributed by atoms with E-state index >= 15 is 0 Å². The summed E-state index contributed by atoms with van der Waals surface area (Å²) >= 11 is 0. The topological polar surface area (TPSA) is 29.5 Å². The summed E-state index contributed by atoms with van der Waals surface area (Å²) in [4.78, 5) is 15.1. The molecule has 35 heavy (non-hydrogen) atoms. The average molecular weight is 472 g/mol. The minimum atomic E-state index is -0.324. The summed E-state index contributed by atoms with van der Waals surface area (Å²) in [6.45, 7) is 11.0. The van der Waals surface area contributed by atoms with Crippen LogP contribution >= 0.6 is 0 Å². The van der Waals surface area contributed by atoms with Crippen molar-refractivity contribution >= 4 is 5.91 Å². The number of halogens is 1. The molecule has 0 aromatic heterocycles. The van der Waals surface area contributed by atoms with Crippen molar-refractivity contribution in [2.45, 2.75) is 39.2 Å². The van der Waals surface area contributed by atoms with Crippen LogP contribution in [0.5, 0.6) is 0 Å². The molecule has 2 aromatic carbocycles. The number of benzene rings is 2. The van der Waals surface area contributed by atoms with Gasteiger partial charge in [-0.1, -0.05) is 73.3 Å². The minimum Gasteiger partial charge on any atom is -0.489 e. The lowest BCUT2D eigenvalue weighted by molar-refractivity contribution is -0.147. The van der Waals surface area contributed by atoms with Gasteiger partial charge in [0.2, 0.25) is 5.91 Å². The Bertz CT molecular complexity index is 1130. The fourth-order valence-corrected chi connectivity index (χ4v) is 4.19. The van der Waals surface area contributed by atoms with E-state index in [9.17, 15) is 9.18 Å². The number of ether oxygens (including phenoxy) is 1. The van der Waals surface area contributed by atoms with E-state index in [1.165, 1.54) is 17.7 Å². The summed E-state index contributed by atoms with van der Waals surface area (Å²) in [5.41, 5.74) is 4.16. The Labute approximate surface area is 208 Å². The zero-order chi connectivity index (χ0) is 25.2. The third-order valence-corrected chi connectivity index (χ3v) is 6.13. The SMILES string of the molecule is C=C/C(=C\C=C(/C)C1C(c2ccc(F)cc2)C(=O)N1CCc1ccccc1)OC/C(C)=C/C=C\C. The van der Waals surface area contributed by atoms with Crippen molar-refractivity contribution in [3.63, 3.8) is 0 Å². The monoisotopic (exact) mass is 471 g/mol. The largest absolute Gasteiger partial charge is 0.489 e. The van der Waals surface area contributed by atoms with Crippen LogP contribution in [0.3, 0.4) is 0 Å². The molecule has 2 atom stereocenters. The van der Waals surface area contributed by atoms with E-state index in [2.05, 4.69) is 18.7 Å². The van der Waals surface area contributed by atoms with E-state index in [0.717, 1.165) is 23.1 Å². The number of carbonyl (C=O) groups excluding carboxylic acids is 1. The van der Waals surface area contributed by atoms with Crippen LogP contribution in [0.15, 0.2) is 115 Å². The van der Waals surface area contributed by atoms with Crippen LogP contribution in [0, 0.1) is 5.82 Å². The molecule has 0 bridgehead atoms. The molecule has 1 heterocycles. The Balaban J connectivity index is 1.80. The number of amides is 1. The maximum absolute atomic E-state index is 13.5. The number of nitrogens with zero attached hydrogens (tertiary/aromatic N) is 1. The lowest BCUT2D eigenvalue weighted by atomic mass is 9.77. The van der Waals surface area contributed by atoms with Gasteiger partial charge in [0.1, 0.15) is 18.2 Å². The van der Waals surface area contributed by atoms with E-state index in [-0.39, 0.29) is 23.7 Å². The smallest absolute Gasteiger partial charge is 0.233 e. The maximum atomic E-state index is 13.5. The van der Waals surface area contributed by atoms with Gasteiger partial charge in [0.15, 0.2) is 0 Å². The quantitative estimate of drug-likeness (QED) is 0.202. The second-order valence-electron chi connectivity index (χ2n) is 8.75. The number of hydrogen-bond donors (Lipinski definition) is 0. The van der Waals surface area contributed by atoms with Crippen molar-refractivity contribution in [2.75, 3.05) is 13.2 Å². The van der Waals surface area contributed by atoms with Crippen LogP contribution in [-0.2, 0) is 16.0 Å². The normalized spacial score (nSPS) is 19.1. The summed E-state index contributed by atoms with van der Waals surface area (Å²) in [7, 11) is 0. The molecule has 1 aliphatic rings. The van der Waals surface area contributed by atoms with Crippen LogP contribution in [-0.4, -0.2) is 30.0 Å². The molecule has 4 heteroatoms. The number of β-lactam (4-membered cyclic amide) rings is 1. The average Bonchev–Trinajstić information content (AvgIpc) is 2.87. The van der Waals surface area contributed by atoms with Gasteiger partial charge in [-0.25, -0.2) is 4.39 Å². The van der Waals surface area contributed by atoms with Crippen molar-refractivity contribution in [1.29, 1.82) is 0 Å². The van der Waals surface area contributed by atoms with E-state index < -0.39 is 0 Å². The number of carbonyl (C=O) groups is 1. The van der Waals surface area contributed by atoms with E-state index in [0.29, 0.717) is 18.9 Å². The molecule has 0 N–H and O–H groups in total. The second-order valence-corrected chi connectivity index (χ2v) is 8.75. The molecule has 2 unspecified atom stereocenters. The van der Waals surface area contributed by atoms with E-state index in [4.69, 9.17) is 4.74 Å². The minimum absolute atomic E-state index is 0.0687. The summed E-state index contributed by atoms with van der Waals surface area (Å²) in [6, 6.07) is 16.3. The van der Waals surface area contributed by atoms with Crippen molar-refractivity contribution in [2.24, 2.45) is 0 Å².